The van der Waals surface area contributed by atoms with Crippen LogP contribution in [0.4, 0.5) is 5.69 Å². The van der Waals surface area contributed by atoms with Gasteiger partial charge in [0.1, 0.15) is 6.10 Å². The van der Waals surface area contributed by atoms with Crippen LogP contribution in [0.3, 0.4) is 0 Å². The Morgan fingerprint density at radius 1 is 1.62 bits per heavy atom. The zero-order valence-electron chi connectivity index (χ0n) is 8.30. The predicted molar refractivity (Wildman–Crippen MR) is 62.9 cm³/mol. The first-order chi connectivity index (χ1) is 7.70. The molecule has 2 rings (SSSR count). The van der Waals surface area contributed by atoms with Crippen LogP contribution in [-0.4, -0.2) is 22.1 Å². The van der Waals surface area contributed by atoms with Crippen LogP contribution < -0.4 is 0 Å². The summed E-state index contributed by atoms with van der Waals surface area (Å²) >= 11 is 3.31. The lowest BCUT2D eigenvalue weighted by Gasteiger charge is -2.01. The monoisotopic (exact) mass is 284 g/mol. The van der Waals surface area contributed by atoms with E-state index in [1.807, 2.05) is 0 Å². The molecule has 1 atom stereocenters. The molecule has 1 aromatic rings. The summed E-state index contributed by atoms with van der Waals surface area (Å²) in [6.07, 6.45) is 0.695. The summed E-state index contributed by atoms with van der Waals surface area (Å²) in [5.74, 6) is 0. The Bertz CT molecular complexity index is 447. The highest BCUT2D eigenvalue weighted by Crippen LogP contribution is 2.21. The molecule has 5 nitrogen and oxygen atoms in total. The van der Waals surface area contributed by atoms with Crippen molar-refractivity contribution in [1.82, 2.24) is 0 Å². The summed E-state index contributed by atoms with van der Waals surface area (Å²) in [5.41, 5.74) is 1.58. The molecule has 0 bridgehead atoms. The van der Waals surface area contributed by atoms with E-state index in [1.54, 1.807) is 12.1 Å². The molecule has 0 unspecified atom stereocenters. The highest BCUT2D eigenvalue weighted by Gasteiger charge is 2.21. The normalized spacial score (nSPS) is 19.1. The SMILES string of the molecule is O=[N+]([O-])c1cccc(C2=NO[C@@H](CBr)C2)c1. The zero-order chi connectivity index (χ0) is 11.5. The van der Waals surface area contributed by atoms with E-state index < -0.39 is 4.92 Å². The van der Waals surface area contributed by atoms with E-state index >= 15 is 0 Å². The molecular weight excluding hydrogens is 276 g/mol. The minimum atomic E-state index is -0.415. The third-order valence-corrected chi connectivity index (χ3v) is 3.02. The highest BCUT2D eigenvalue weighted by molar-refractivity contribution is 9.09. The van der Waals surface area contributed by atoms with Crippen LogP contribution in [0.2, 0.25) is 0 Å². The average Bonchev–Trinajstić information content (AvgIpc) is 2.77. The second-order valence-electron chi connectivity index (χ2n) is 3.43. The van der Waals surface area contributed by atoms with Crippen molar-refractivity contribution in [2.45, 2.75) is 12.5 Å². The van der Waals surface area contributed by atoms with Crippen molar-refractivity contribution in [2.24, 2.45) is 5.16 Å². The Labute approximate surface area is 100 Å². The molecule has 0 aliphatic carbocycles. The van der Waals surface area contributed by atoms with Gasteiger partial charge < -0.3 is 4.84 Å². The van der Waals surface area contributed by atoms with E-state index in [4.69, 9.17) is 4.84 Å². The van der Waals surface area contributed by atoms with Gasteiger partial charge in [-0.15, -0.1) is 0 Å². The van der Waals surface area contributed by atoms with Gasteiger partial charge in [-0.2, -0.15) is 0 Å². The van der Waals surface area contributed by atoms with Crippen molar-refractivity contribution in [3.8, 4) is 0 Å². The molecule has 16 heavy (non-hydrogen) atoms. The first kappa shape index (κ1) is 11.1. The lowest BCUT2D eigenvalue weighted by atomic mass is 10.1. The second-order valence-corrected chi connectivity index (χ2v) is 4.08. The van der Waals surface area contributed by atoms with Gasteiger partial charge in [0.25, 0.3) is 5.69 Å². The predicted octanol–water partition coefficient (Wildman–Crippen LogP) is 2.48. The second kappa shape index (κ2) is 4.61. The first-order valence-electron chi connectivity index (χ1n) is 4.74. The van der Waals surface area contributed by atoms with Crippen LogP contribution in [0.1, 0.15) is 12.0 Å². The van der Waals surface area contributed by atoms with Gasteiger partial charge in [-0.25, -0.2) is 0 Å². The summed E-state index contributed by atoms with van der Waals surface area (Å²) in [7, 11) is 0. The average molecular weight is 285 g/mol. The van der Waals surface area contributed by atoms with Gasteiger partial charge in [0.15, 0.2) is 0 Å². The molecule has 0 N–H and O–H groups in total. The molecule has 0 fully saturated rings. The van der Waals surface area contributed by atoms with Crippen molar-refractivity contribution >= 4 is 27.3 Å². The van der Waals surface area contributed by atoms with Gasteiger partial charge in [0.05, 0.1) is 10.6 Å². The van der Waals surface area contributed by atoms with Gasteiger partial charge in [-0.3, -0.25) is 10.1 Å². The maximum Gasteiger partial charge on any atom is 0.270 e. The summed E-state index contributed by atoms with van der Waals surface area (Å²) in [6, 6.07) is 6.42. The maximum absolute atomic E-state index is 10.6. The smallest absolute Gasteiger partial charge is 0.270 e. The Morgan fingerprint density at radius 2 is 2.44 bits per heavy atom. The molecule has 1 aliphatic rings. The van der Waals surface area contributed by atoms with E-state index in [-0.39, 0.29) is 11.8 Å². The van der Waals surface area contributed by atoms with Crippen molar-refractivity contribution in [2.75, 3.05) is 5.33 Å². The molecular formula is C10H9BrN2O3. The fraction of sp³-hybridized carbons (Fsp3) is 0.300. The summed E-state index contributed by atoms with van der Waals surface area (Å²) < 4.78 is 0. The molecule has 0 radical (unpaired) electrons. The standard InChI is InChI=1S/C10H9BrN2O3/c11-6-9-5-10(12-16-9)7-2-1-3-8(4-7)13(14)15/h1-4,9H,5-6H2/t9-/m1/s1. The number of alkyl halides is 1. The molecule has 6 heteroatoms. The third kappa shape index (κ3) is 2.21. The van der Waals surface area contributed by atoms with E-state index in [2.05, 4.69) is 21.1 Å². The third-order valence-electron chi connectivity index (χ3n) is 2.30. The van der Waals surface area contributed by atoms with Crippen molar-refractivity contribution in [3.63, 3.8) is 0 Å². The molecule has 1 aliphatic heterocycles. The van der Waals surface area contributed by atoms with E-state index in [1.165, 1.54) is 12.1 Å². The molecule has 1 aromatic carbocycles. The van der Waals surface area contributed by atoms with Crippen LogP contribution >= 0.6 is 15.9 Å². The molecule has 0 aromatic heterocycles. The van der Waals surface area contributed by atoms with Crippen molar-refractivity contribution < 1.29 is 9.76 Å². The Morgan fingerprint density at radius 3 is 3.06 bits per heavy atom. The van der Waals surface area contributed by atoms with Crippen LogP contribution in [0.5, 0.6) is 0 Å². The number of nitro benzene ring substituents is 1. The minimum absolute atomic E-state index is 0.0225. The Hall–Kier alpha value is -1.43. The molecule has 84 valence electrons. The lowest BCUT2D eigenvalue weighted by Crippen LogP contribution is -2.09. The highest BCUT2D eigenvalue weighted by atomic mass is 79.9. The number of hydrogen-bond acceptors (Lipinski definition) is 4. The molecule has 1 heterocycles. The van der Waals surface area contributed by atoms with Crippen molar-refractivity contribution in [1.29, 1.82) is 0 Å². The number of rotatable bonds is 3. The first-order valence-corrected chi connectivity index (χ1v) is 5.86. The van der Waals surface area contributed by atoms with Crippen LogP contribution in [0.25, 0.3) is 0 Å². The quantitative estimate of drug-likeness (QED) is 0.487. The van der Waals surface area contributed by atoms with Crippen LogP contribution in [-0.2, 0) is 4.84 Å². The lowest BCUT2D eigenvalue weighted by molar-refractivity contribution is -0.384. The minimum Gasteiger partial charge on any atom is -0.391 e. The molecule has 0 saturated carbocycles. The summed E-state index contributed by atoms with van der Waals surface area (Å²) in [5, 5.41) is 15.2. The molecule has 0 spiro atoms. The fourth-order valence-electron chi connectivity index (χ4n) is 1.48. The molecule has 0 saturated heterocycles. The zero-order valence-corrected chi connectivity index (χ0v) is 9.88. The summed E-state index contributed by atoms with van der Waals surface area (Å²) in [4.78, 5) is 15.3. The van der Waals surface area contributed by atoms with Crippen LogP contribution in [0.15, 0.2) is 29.4 Å². The van der Waals surface area contributed by atoms with Gasteiger partial charge >= 0.3 is 0 Å². The van der Waals surface area contributed by atoms with Gasteiger partial charge in [0, 0.05) is 29.4 Å². The van der Waals surface area contributed by atoms with Crippen molar-refractivity contribution in [3.05, 3.63) is 39.9 Å². The van der Waals surface area contributed by atoms with E-state index in [0.29, 0.717) is 11.8 Å². The van der Waals surface area contributed by atoms with Gasteiger partial charge in [-0.05, 0) is 0 Å². The summed E-state index contributed by atoms with van der Waals surface area (Å²) in [6.45, 7) is 0. The largest absolute Gasteiger partial charge is 0.391 e. The number of hydrogen-bond donors (Lipinski definition) is 0. The number of nitrogens with zero attached hydrogens (tertiary/aromatic N) is 2. The van der Waals surface area contributed by atoms with Crippen LogP contribution in [0, 0.1) is 10.1 Å². The van der Waals surface area contributed by atoms with Gasteiger partial charge in [0.2, 0.25) is 0 Å². The fourth-order valence-corrected chi connectivity index (χ4v) is 1.83. The number of nitro groups is 1. The topological polar surface area (TPSA) is 64.7 Å². The molecule has 0 amide bonds. The van der Waals surface area contributed by atoms with Gasteiger partial charge in [-0.1, -0.05) is 33.2 Å². The maximum atomic E-state index is 10.6. The van der Waals surface area contributed by atoms with E-state index in [9.17, 15) is 10.1 Å². The Kier molecular flexibility index (Phi) is 3.19. The van der Waals surface area contributed by atoms with E-state index in [0.717, 1.165) is 11.3 Å². The number of halogens is 1. The number of oxime groups is 1. The number of non-ortho nitro benzene ring substituents is 1. The Balaban J connectivity index is 2.22. The number of benzene rings is 1.